The van der Waals surface area contributed by atoms with Gasteiger partial charge in [-0.15, -0.1) is 0 Å². The summed E-state index contributed by atoms with van der Waals surface area (Å²) in [5.41, 5.74) is 1.14. The Morgan fingerprint density at radius 3 is 2.68 bits per heavy atom. The number of aryl methyl sites for hydroxylation is 1. The summed E-state index contributed by atoms with van der Waals surface area (Å²) in [7, 11) is 0. The largest absolute Gasteiger partial charge is 0.394 e. The Morgan fingerprint density at radius 1 is 1.24 bits per heavy atom. The van der Waals surface area contributed by atoms with Gasteiger partial charge in [-0.1, -0.05) is 12.8 Å². The van der Waals surface area contributed by atoms with Gasteiger partial charge in [0, 0.05) is 6.04 Å². The van der Waals surface area contributed by atoms with E-state index in [-0.39, 0.29) is 6.61 Å². The first-order chi connectivity index (χ1) is 12.1. The van der Waals surface area contributed by atoms with E-state index in [1.165, 1.54) is 19.2 Å². The Balaban J connectivity index is 1.70. The van der Waals surface area contributed by atoms with Gasteiger partial charge in [-0.2, -0.15) is 0 Å². The minimum atomic E-state index is -1.17. The molecular formula is C16H23N5O4. The van der Waals surface area contributed by atoms with Crippen LogP contribution in [0.1, 0.15) is 37.7 Å². The van der Waals surface area contributed by atoms with Crippen molar-refractivity contribution in [2.45, 2.75) is 63.2 Å². The summed E-state index contributed by atoms with van der Waals surface area (Å²) in [6.07, 6.45) is 2.15. The molecule has 1 saturated carbocycles. The smallest absolute Gasteiger partial charge is 0.167 e. The Labute approximate surface area is 144 Å². The van der Waals surface area contributed by atoms with Crippen molar-refractivity contribution in [1.82, 2.24) is 19.5 Å². The first kappa shape index (κ1) is 16.6. The van der Waals surface area contributed by atoms with Crippen LogP contribution in [0.3, 0.4) is 0 Å². The van der Waals surface area contributed by atoms with Crippen molar-refractivity contribution in [2.75, 3.05) is 11.9 Å². The fourth-order valence-electron chi connectivity index (χ4n) is 3.69. The number of rotatable bonds is 4. The molecule has 4 N–H and O–H groups in total. The zero-order valence-electron chi connectivity index (χ0n) is 14.0. The molecule has 1 aliphatic heterocycles. The van der Waals surface area contributed by atoms with Crippen molar-refractivity contribution < 1.29 is 20.1 Å². The van der Waals surface area contributed by atoms with Crippen LogP contribution in [-0.4, -0.2) is 65.8 Å². The molecule has 136 valence electrons. The van der Waals surface area contributed by atoms with E-state index in [2.05, 4.69) is 20.3 Å². The second-order valence-electron chi connectivity index (χ2n) is 6.80. The molecule has 0 amide bonds. The molecule has 2 aromatic rings. The minimum absolute atomic E-state index is 0.371. The van der Waals surface area contributed by atoms with Gasteiger partial charge in [0.1, 0.15) is 24.1 Å². The van der Waals surface area contributed by atoms with E-state index in [4.69, 9.17) is 4.74 Å². The number of fused-ring (bicyclic) bond motifs is 1. The van der Waals surface area contributed by atoms with Crippen LogP contribution in [0.2, 0.25) is 0 Å². The minimum Gasteiger partial charge on any atom is -0.394 e. The average Bonchev–Trinajstić information content (AvgIpc) is 3.29. The van der Waals surface area contributed by atoms with Gasteiger partial charge in [-0.3, -0.25) is 4.57 Å². The van der Waals surface area contributed by atoms with Crippen LogP contribution in [0.25, 0.3) is 11.2 Å². The number of anilines is 1. The van der Waals surface area contributed by atoms with Crippen LogP contribution < -0.4 is 5.32 Å². The molecule has 25 heavy (non-hydrogen) atoms. The van der Waals surface area contributed by atoms with Crippen LogP contribution in [0.5, 0.6) is 0 Å². The molecule has 4 rings (SSSR count). The molecule has 4 atom stereocenters. The number of imidazole rings is 1. The molecular weight excluding hydrogens is 326 g/mol. The van der Waals surface area contributed by atoms with Crippen molar-refractivity contribution in [3.8, 4) is 0 Å². The van der Waals surface area contributed by atoms with E-state index < -0.39 is 24.5 Å². The number of aliphatic hydroxyl groups is 3. The highest BCUT2D eigenvalue weighted by Gasteiger charge is 2.44. The number of aromatic nitrogens is 4. The number of ether oxygens (including phenoxy) is 1. The second kappa shape index (κ2) is 6.49. The molecule has 1 aliphatic carbocycles. The molecule has 2 fully saturated rings. The Morgan fingerprint density at radius 2 is 2.00 bits per heavy atom. The van der Waals surface area contributed by atoms with Crippen molar-refractivity contribution in [2.24, 2.45) is 0 Å². The van der Waals surface area contributed by atoms with Gasteiger partial charge in [0.25, 0.3) is 0 Å². The zero-order chi connectivity index (χ0) is 17.6. The maximum atomic E-state index is 10.3. The maximum Gasteiger partial charge on any atom is 0.167 e. The predicted octanol–water partition coefficient (Wildman–Crippen LogP) is 0.101. The summed E-state index contributed by atoms with van der Waals surface area (Å²) in [5.74, 6) is 1.27. The zero-order valence-corrected chi connectivity index (χ0v) is 14.0. The van der Waals surface area contributed by atoms with Gasteiger partial charge >= 0.3 is 0 Å². The van der Waals surface area contributed by atoms with E-state index >= 15 is 0 Å². The van der Waals surface area contributed by atoms with Gasteiger partial charge in [-0.25, -0.2) is 15.0 Å². The lowest BCUT2D eigenvalue weighted by Crippen LogP contribution is -2.33. The Kier molecular flexibility index (Phi) is 4.32. The Bertz CT molecular complexity index is 760. The van der Waals surface area contributed by atoms with E-state index in [0.29, 0.717) is 28.8 Å². The predicted molar refractivity (Wildman–Crippen MR) is 88.9 cm³/mol. The van der Waals surface area contributed by atoms with Crippen molar-refractivity contribution in [1.29, 1.82) is 0 Å². The summed E-state index contributed by atoms with van der Waals surface area (Å²) < 4.78 is 7.18. The third-order valence-corrected chi connectivity index (χ3v) is 5.02. The lowest BCUT2D eigenvalue weighted by atomic mass is 10.1. The highest BCUT2D eigenvalue weighted by molar-refractivity contribution is 5.83. The first-order valence-electron chi connectivity index (χ1n) is 8.68. The van der Waals surface area contributed by atoms with Crippen LogP contribution in [-0.2, 0) is 4.74 Å². The van der Waals surface area contributed by atoms with Gasteiger partial charge in [0.05, 0.1) is 12.9 Å². The molecule has 0 spiro atoms. The third kappa shape index (κ3) is 2.86. The van der Waals surface area contributed by atoms with Crippen LogP contribution >= 0.6 is 0 Å². The van der Waals surface area contributed by atoms with Crippen molar-refractivity contribution >= 4 is 17.0 Å². The van der Waals surface area contributed by atoms with Gasteiger partial charge in [0.15, 0.2) is 23.2 Å². The maximum absolute atomic E-state index is 10.3. The summed E-state index contributed by atoms with van der Waals surface area (Å²) in [6.45, 7) is 1.43. The van der Waals surface area contributed by atoms with Crippen molar-refractivity contribution in [3.63, 3.8) is 0 Å². The SMILES string of the molecule is Cc1nc(NC2CCCC2)c2ncn(C3OC(CO)C(O)C3O)c2n1. The summed E-state index contributed by atoms with van der Waals surface area (Å²) in [6, 6.07) is 0.386. The fourth-order valence-corrected chi connectivity index (χ4v) is 3.69. The molecule has 9 heteroatoms. The first-order valence-corrected chi connectivity index (χ1v) is 8.68. The molecule has 9 nitrogen and oxygen atoms in total. The van der Waals surface area contributed by atoms with Gasteiger partial charge in [0.2, 0.25) is 0 Å². The molecule has 4 unspecified atom stereocenters. The topological polar surface area (TPSA) is 126 Å². The standard InChI is InChI=1S/C16H23N5O4/c1-8-18-14(20-9-4-2-3-5-9)11-15(19-8)21(7-17-11)16-13(24)12(23)10(6-22)25-16/h7,9-10,12-13,16,22-24H,2-6H2,1H3,(H,18,19,20). The molecule has 2 aliphatic rings. The van der Waals surface area contributed by atoms with E-state index in [1.807, 2.05) is 0 Å². The normalized spacial score (nSPS) is 30.4. The summed E-state index contributed by atoms with van der Waals surface area (Å²) in [5, 5.41) is 33.0. The molecule has 1 saturated heterocycles. The van der Waals surface area contributed by atoms with Crippen LogP contribution in [0.15, 0.2) is 6.33 Å². The van der Waals surface area contributed by atoms with Gasteiger partial charge < -0.3 is 25.4 Å². The number of nitrogens with one attached hydrogen (secondary N) is 1. The second-order valence-corrected chi connectivity index (χ2v) is 6.80. The number of aliphatic hydroxyl groups excluding tert-OH is 3. The molecule has 0 radical (unpaired) electrons. The van der Waals surface area contributed by atoms with E-state index in [0.717, 1.165) is 12.8 Å². The van der Waals surface area contributed by atoms with Gasteiger partial charge in [-0.05, 0) is 19.8 Å². The molecule has 0 bridgehead atoms. The lowest BCUT2D eigenvalue weighted by Gasteiger charge is -2.17. The number of hydrogen-bond acceptors (Lipinski definition) is 8. The molecule has 0 aromatic carbocycles. The summed E-state index contributed by atoms with van der Waals surface area (Å²) in [4.78, 5) is 13.3. The van der Waals surface area contributed by atoms with E-state index in [1.54, 1.807) is 11.5 Å². The third-order valence-electron chi connectivity index (χ3n) is 5.02. The molecule has 2 aromatic heterocycles. The Hall–Kier alpha value is -1.81. The van der Waals surface area contributed by atoms with Crippen LogP contribution in [0, 0.1) is 6.92 Å². The van der Waals surface area contributed by atoms with Crippen LogP contribution in [0.4, 0.5) is 5.82 Å². The average molecular weight is 349 g/mol. The van der Waals surface area contributed by atoms with E-state index in [9.17, 15) is 15.3 Å². The number of nitrogens with zero attached hydrogens (tertiary/aromatic N) is 4. The molecule has 3 heterocycles. The lowest BCUT2D eigenvalue weighted by molar-refractivity contribution is -0.0511. The summed E-state index contributed by atoms with van der Waals surface area (Å²) >= 11 is 0. The fraction of sp³-hybridized carbons (Fsp3) is 0.688. The monoisotopic (exact) mass is 349 g/mol. The van der Waals surface area contributed by atoms with Crippen molar-refractivity contribution in [3.05, 3.63) is 12.2 Å². The highest BCUT2D eigenvalue weighted by Crippen LogP contribution is 2.33. The quantitative estimate of drug-likeness (QED) is 0.612. The number of hydrogen-bond donors (Lipinski definition) is 4. The highest BCUT2D eigenvalue weighted by atomic mass is 16.6.